The number of hydrogen-bond donors (Lipinski definition) is 4. The molecule has 1 aromatic rings. The number of piperidine rings is 3. The first-order valence-corrected chi connectivity index (χ1v) is 9.80. The minimum absolute atomic E-state index is 0.418. The van der Waals surface area contributed by atoms with Crippen molar-refractivity contribution in [3.05, 3.63) is 34.9 Å². The van der Waals surface area contributed by atoms with E-state index in [0.29, 0.717) is 45.6 Å². The molecule has 29 heavy (non-hydrogen) atoms. The number of ether oxygens (including phenoxy) is 1. The van der Waals surface area contributed by atoms with Crippen molar-refractivity contribution in [3.8, 4) is 5.75 Å². The van der Waals surface area contributed by atoms with Crippen LogP contribution >= 0.6 is 23.8 Å². The molecule has 5 N–H and O–H groups in total. The molecule has 4 rings (SSSR count). The summed E-state index contributed by atoms with van der Waals surface area (Å²) in [6, 6.07) is 3.93. The first-order valence-electron chi connectivity index (χ1n) is 9.01. The van der Waals surface area contributed by atoms with E-state index in [2.05, 4.69) is 10.2 Å². The Kier molecular flexibility index (Phi) is 8.24. The summed E-state index contributed by atoms with van der Waals surface area (Å²) in [7, 11) is 1.61. The molecule has 0 aliphatic carbocycles. The van der Waals surface area contributed by atoms with Crippen molar-refractivity contribution in [2.45, 2.75) is 18.9 Å². The average Bonchev–Trinajstić information content (AvgIpc) is 2.69. The summed E-state index contributed by atoms with van der Waals surface area (Å²) in [6.45, 7) is 3.50. The molecular weight excluding hydrogens is 418 g/mol. The second kappa shape index (κ2) is 10.4. The molecule has 0 saturated carbocycles. The fourth-order valence-corrected chi connectivity index (χ4v) is 3.91. The number of thiocarbonyl (C=S) groups is 1. The Hall–Kier alpha value is -2.36. The third-order valence-electron chi connectivity index (χ3n) is 4.90. The lowest BCUT2D eigenvalue weighted by atomic mass is 9.84. The van der Waals surface area contributed by atoms with Crippen molar-refractivity contribution in [2.24, 2.45) is 5.92 Å². The number of methoxy groups -OCH3 is 1. The van der Waals surface area contributed by atoms with Crippen LogP contribution in [0.4, 0.5) is 5.69 Å². The van der Waals surface area contributed by atoms with Gasteiger partial charge in [-0.15, -0.1) is 0 Å². The third-order valence-corrected chi connectivity index (χ3v) is 5.57. The van der Waals surface area contributed by atoms with Crippen molar-refractivity contribution in [1.82, 2.24) is 10.2 Å². The van der Waals surface area contributed by atoms with Gasteiger partial charge in [-0.1, -0.05) is 23.8 Å². The molecule has 3 aliphatic heterocycles. The number of aliphatic carboxylic acids is 2. The van der Waals surface area contributed by atoms with Gasteiger partial charge in [-0.3, -0.25) is 0 Å². The van der Waals surface area contributed by atoms with Crippen molar-refractivity contribution in [1.29, 1.82) is 0 Å². The molecule has 3 saturated heterocycles. The summed E-state index contributed by atoms with van der Waals surface area (Å²) in [4.78, 5) is 22.3. The number of benzene rings is 1. The lowest BCUT2D eigenvalue weighted by molar-refractivity contribution is -0.134. The highest BCUT2D eigenvalue weighted by Gasteiger charge is 2.34. The van der Waals surface area contributed by atoms with E-state index in [1.54, 1.807) is 19.2 Å². The Labute approximate surface area is 179 Å². The largest absolute Gasteiger partial charge is 0.496 e. The van der Waals surface area contributed by atoms with Gasteiger partial charge in [0.15, 0.2) is 0 Å². The van der Waals surface area contributed by atoms with Crippen LogP contribution in [0.1, 0.15) is 18.4 Å². The van der Waals surface area contributed by atoms with Crippen molar-refractivity contribution in [2.75, 3.05) is 32.5 Å². The predicted octanol–water partition coefficient (Wildman–Crippen LogP) is 2.00. The topological polar surface area (TPSA) is 125 Å². The lowest BCUT2D eigenvalue weighted by Crippen LogP contribution is -2.57. The lowest BCUT2D eigenvalue weighted by Gasteiger charge is -2.45. The van der Waals surface area contributed by atoms with E-state index >= 15 is 0 Å². The SMILES string of the molecule is COc1cc(N)c(Cl)cc1C(=S)NC1CN2CCC1CC2.O=C(O)/C=C/C(=O)O. The standard InChI is InChI=1S/C15H20ClN3OS.C4H4O4/c1-20-14-7-12(17)11(16)6-10(14)15(21)18-13-8-19-4-2-9(13)3-5-19;5-3(6)1-2-4(7)8/h6-7,9,13H,2-5,8,17H2,1H3,(H,18,21);1-2H,(H,5,6)(H,7,8)/b;2-1+. The Morgan fingerprint density at radius 1 is 1.28 bits per heavy atom. The average molecular weight is 442 g/mol. The van der Waals surface area contributed by atoms with E-state index in [4.69, 9.17) is 44.5 Å². The Bertz CT molecular complexity index is 793. The molecule has 3 fully saturated rings. The van der Waals surface area contributed by atoms with Crippen molar-refractivity contribution < 1.29 is 24.5 Å². The molecule has 2 bridgehead atoms. The number of nitrogens with one attached hydrogen (secondary N) is 1. The molecule has 1 aromatic carbocycles. The number of carboxylic acids is 2. The van der Waals surface area contributed by atoms with Gasteiger partial charge in [-0.05, 0) is 37.9 Å². The molecule has 0 spiro atoms. The maximum absolute atomic E-state index is 9.55. The van der Waals surface area contributed by atoms with E-state index in [1.807, 2.05) is 0 Å². The number of nitrogen functional groups attached to an aromatic ring is 1. The minimum Gasteiger partial charge on any atom is -0.496 e. The summed E-state index contributed by atoms with van der Waals surface area (Å²) in [5, 5.41) is 19.6. The molecule has 3 aliphatic rings. The molecule has 0 amide bonds. The summed E-state index contributed by atoms with van der Waals surface area (Å²) in [5.74, 6) is -1.14. The second-order valence-corrected chi connectivity index (χ2v) is 7.62. The summed E-state index contributed by atoms with van der Waals surface area (Å²) in [5.41, 5.74) is 7.13. The highest BCUT2D eigenvalue weighted by molar-refractivity contribution is 7.80. The van der Waals surface area contributed by atoms with Gasteiger partial charge in [0.05, 0.1) is 23.4 Å². The molecule has 1 unspecified atom stereocenters. The normalized spacial score (nSPS) is 22.5. The summed E-state index contributed by atoms with van der Waals surface area (Å²) >= 11 is 11.7. The third kappa shape index (κ3) is 6.59. The van der Waals surface area contributed by atoms with Crippen LogP contribution in [-0.2, 0) is 9.59 Å². The van der Waals surface area contributed by atoms with Gasteiger partial charge in [0.25, 0.3) is 0 Å². The van der Waals surface area contributed by atoms with Crippen molar-refractivity contribution >= 4 is 46.4 Å². The van der Waals surface area contributed by atoms with E-state index < -0.39 is 11.9 Å². The number of halogens is 1. The van der Waals surface area contributed by atoms with Crippen LogP contribution in [0.3, 0.4) is 0 Å². The molecule has 0 radical (unpaired) electrons. The monoisotopic (exact) mass is 441 g/mol. The maximum atomic E-state index is 9.55. The fourth-order valence-electron chi connectivity index (χ4n) is 3.43. The van der Waals surface area contributed by atoms with Crippen molar-refractivity contribution in [3.63, 3.8) is 0 Å². The zero-order valence-corrected chi connectivity index (χ0v) is 17.5. The summed E-state index contributed by atoms with van der Waals surface area (Å²) in [6.07, 6.45) is 3.62. The highest BCUT2D eigenvalue weighted by Crippen LogP contribution is 2.31. The van der Waals surface area contributed by atoms with Crippen LogP contribution in [-0.4, -0.2) is 64.8 Å². The molecule has 3 heterocycles. The molecule has 0 aromatic heterocycles. The highest BCUT2D eigenvalue weighted by atomic mass is 35.5. The predicted molar refractivity (Wildman–Crippen MR) is 115 cm³/mol. The van der Waals surface area contributed by atoms with E-state index in [9.17, 15) is 9.59 Å². The van der Waals surface area contributed by atoms with Crippen LogP contribution in [0.15, 0.2) is 24.3 Å². The van der Waals surface area contributed by atoms with E-state index in [0.717, 1.165) is 12.1 Å². The maximum Gasteiger partial charge on any atom is 0.328 e. The first kappa shape index (κ1) is 22.9. The quantitative estimate of drug-likeness (QED) is 0.308. The molecular formula is C19H24ClN3O5S. The number of nitrogens with zero attached hydrogens (tertiary/aromatic N) is 1. The van der Waals surface area contributed by atoms with Gasteiger partial charge >= 0.3 is 11.9 Å². The van der Waals surface area contributed by atoms with Gasteiger partial charge in [-0.25, -0.2) is 9.59 Å². The zero-order valence-electron chi connectivity index (χ0n) is 15.9. The van der Waals surface area contributed by atoms with E-state index in [-0.39, 0.29) is 0 Å². The fraction of sp³-hybridized carbons (Fsp3) is 0.421. The van der Waals surface area contributed by atoms with Crippen LogP contribution in [0.5, 0.6) is 5.75 Å². The van der Waals surface area contributed by atoms with Crippen LogP contribution in [0, 0.1) is 5.92 Å². The number of rotatable bonds is 5. The van der Waals surface area contributed by atoms with Gasteiger partial charge in [0.2, 0.25) is 0 Å². The van der Waals surface area contributed by atoms with Gasteiger partial charge in [0.1, 0.15) is 10.7 Å². The molecule has 158 valence electrons. The van der Waals surface area contributed by atoms with E-state index in [1.165, 1.54) is 25.9 Å². The number of hydrogen-bond acceptors (Lipinski definition) is 6. The Morgan fingerprint density at radius 3 is 2.31 bits per heavy atom. The zero-order chi connectivity index (χ0) is 21.6. The first-order chi connectivity index (χ1) is 13.7. The molecule has 10 heteroatoms. The second-order valence-electron chi connectivity index (χ2n) is 6.80. The number of anilines is 1. The smallest absolute Gasteiger partial charge is 0.328 e. The van der Waals surface area contributed by atoms with Gasteiger partial charge in [0, 0.05) is 30.8 Å². The number of carbonyl (C=O) groups is 2. The van der Waals surface area contributed by atoms with Gasteiger partial charge < -0.3 is 30.9 Å². The van der Waals surface area contributed by atoms with Crippen LogP contribution in [0.25, 0.3) is 0 Å². The Morgan fingerprint density at radius 2 is 1.86 bits per heavy atom. The van der Waals surface area contributed by atoms with Crippen LogP contribution < -0.4 is 15.8 Å². The number of nitrogens with two attached hydrogens (primary N) is 1. The summed E-state index contributed by atoms with van der Waals surface area (Å²) < 4.78 is 5.38. The number of fused-ring (bicyclic) bond motifs is 3. The minimum atomic E-state index is -1.26. The van der Waals surface area contributed by atoms with Crippen LogP contribution in [0.2, 0.25) is 5.02 Å². The Balaban J connectivity index is 0.000000321. The molecule has 8 nitrogen and oxygen atoms in total. The van der Waals surface area contributed by atoms with Gasteiger partial charge in [-0.2, -0.15) is 0 Å². The number of carboxylic acid groups (broad SMARTS) is 2. The molecule has 1 atom stereocenters.